The largest absolute Gasteiger partial charge is 0.481 e. The Balaban J connectivity index is 2.05. The maximum atomic E-state index is 11.8. The van der Waals surface area contributed by atoms with E-state index in [0.717, 1.165) is 31.0 Å². The van der Waals surface area contributed by atoms with Crippen LogP contribution in [-0.4, -0.2) is 43.7 Å². The van der Waals surface area contributed by atoms with E-state index in [-0.39, 0.29) is 0 Å². The van der Waals surface area contributed by atoms with Crippen LogP contribution in [-0.2, 0) is 29.1 Å². The van der Waals surface area contributed by atoms with Crippen molar-refractivity contribution in [3.05, 3.63) is 11.6 Å². The van der Waals surface area contributed by atoms with Gasteiger partial charge in [-0.2, -0.15) is 0 Å². The number of aromatic nitrogens is 3. The van der Waals surface area contributed by atoms with E-state index in [1.807, 2.05) is 4.57 Å². The van der Waals surface area contributed by atoms with Crippen molar-refractivity contribution in [3.8, 4) is 0 Å². The molecule has 0 saturated heterocycles. The van der Waals surface area contributed by atoms with E-state index < -0.39 is 17.8 Å². The standard InChI is InChI=1S/C11H16N4O3/c1-7(11(17)18)10(16)14(2)6-9-13-12-8-4-3-5-15(8)9/h7H,3-6H2,1-2H3,(H,17,18). The molecule has 2 rings (SSSR count). The first-order chi connectivity index (χ1) is 8.50. The van der Waals surface area contributed by atoms with Gasteiger partial charge in [-0.05, 0) is 13.3 Å². The third-order valence-electron chi connectivity index (χ3n) is 3.18. The van der Waals surface area contributed by atoms with Crippen molar-refractivity contribution in [2.24, 2.45) is 5.92 Å². The van der Waals surface area contributed by atoms with Crippen molar-refractivity contribution >= 4 is 11.9 Å². The van der Waals surface area contributed by atoms with E-state index in [1.165, 1.54) is 11.8 Å². The number of carbonyl (C=O) groups excluding carboxylic acids is 1. The summed E-state index contributed by atoms with van der Waals surface area (Å²) in [5.74, 6) is -0.903. The summed E-state index contributed by atoms with van der Waals surface area (Å²) in [5, 5.41) is 16.9. The molecule has 1 aliphatic heterocycles. The second kappa shape index (κ2) is 4.75. The zero-order valence-electron chi connectivity index (χ0n) is 10.5. The van der Waals surface area contributed by atoms with Gasteiger partial charge in [0, 0.05) is 20.0 Å². The minimum absolute atomic E-state index is 0.295. The SMILES string of the molecule is CC(C(=O)O)C(=O)N(C)Cc1nnc2n1CCC2. The maximum Gasteiger partial charge on any atom is 0.315 e. The fourth-order valence-electron chi connectivity index (χ4n) is 2.05. The molecule has 1 N–H and O–H groups in total. The van der Waals surface area contributed by atoms with E-state index in [4.69, 9.17) is 5.11 Å². The van der Waals surface area contributed by atoms with Crippen LogP contribution in [0.2, 0.25) is 0 Å². The maximum absolute atomic E-state index is 11.8. The van der Waals surface area contributed by atoms with Gasteiger partial charge >= 0.3 is 5.97 Å². The third-order valence-corrected chi connectivity index (χ3v) is 3.18. The Morgan fingerprint density at radius 1 is 1.50 bits per heavy atom. The molecule has 2 heterocycles. The average Bonchev–Trinajstić information content (AvgIpc) is 2.91. The van der Waals surface area contributed by atoms with E-state index in [9.17, 15) is 9.59 Å². The summed E-state index contributed by atoms with van der Waals surface area (Å²) in [6.07, 6.45) is 1.96. The number of fused-ring (bicyclic) bond motifs is 1. The number of hydrogen-bond donors (Lipinski definition) is 1. The second-order valence-corrected chi connectivity index (χ2v) is 4.54. The molecule has 0 saturated carbocycles. The summed E-state index contributed by atoms with van der Waals surface area (Å²) >= 11 is 0. The van der Waals surface area contributed by atoms with Gasteiger partial charge < -0.3 is 14.6 Å². The zero-order chi connectivity index (χ0) is 13.3. The highest BCUT2D eigenvalue weighted by Gasteiger charge is 2.26. The number of hydrogen-bond acceptors (Lipinski definition) is 4. The molecule has 0 spiro atoms. The fourth-order valence-corrected chi connectivity index (χ4v) is 2.05. The molecule has 0 aliphatic carbocycles. The molecule has 98 valence electrons. The predicted octanol–water partition coefficient (Wildman–Crippen LogP) is -0.0966. The lowest BCUT2D eigenvalue weighted by atomic mass is 10.1. The minimum Gasteiger partial charge on any atom is -0.481 e. The lowest BCUT2D eigenvalue weighted by Gasteiger charge is -2.18. The lowest BCUT2D eigenvalue weighted by molar-refractivity contribution is -0.150. The minimum atomic E-state index is -1.11. The highest BCUT2D eigenvalue weighted by molar-refractivity contribution is 5.96. The van der Waals surface area contributed by atoms with Crippen LogP contribution in [0.5, 0.6) is 0 Å². The highest BCUT2D eigenvalue weighted by atomic mass is 16.4. The van der Waals surface area contributed by atoms with Crippen molar-refractivity contribution in [1.82, 2.24) is 19.7 Å². The number of carboxylic acid groups (broad SMARTS) is 1. The van der Waals surface area contributed by atoms with Gasteiger partial charge in [-0.25, -0.2) is 0 Å². The molecule has 1 amide bonds. The molecule has 1 aromatic heterocycles. The summed E-state index contributed by atoms with van der Waals surface area (Å²) in [4.78, 5) is 23.9. The van der Waals surface area contributed by atoms with Crippen LogP contribution in [0.25, 0.3) is 0 Å². The van der Waals surface area contributed by atoms with Crippen LogP contribution in [0, 0.1) is 5.92 Å². The van der Waals surface area contributed by atoms with Gasteiger partial charge in [-0.15, -0.1) is 10.2 Å². The van der Waals surface area contributed by atoms with Gasteiger partial charge in [0.25, 0.3) is 0 Å². The first kappa shape index (κ1) is 12.5. The molecular formula is C11H16N4O3. The quantitative estimate of drug-likeness (QED) is 0.756. The Hall–Kier alpha value is -1.92. The Morgan fingerprint density at radius 2 is 2.22 bits per heavy atom. The van der Waals surface area contributed by atoms with Crippen LogP contribution in [0.4, 0.5) is 0 Å². The van der Waals surface area contributed by atoms with Crippen molar-refractivity contribution in [1.29, 1.82) is 0 Å². The van der Waals surface area contributed by atoms with E-state index in [2.05, 4.69) is 10.2 Å². The van der Waals surface area contributed by atoms with Crippen molar-refractivity contribution in [3.63, 3.8) is 0 Å². The predicted molar refractivity (Wildman–Crippen MR) is 61.6 cm³/mol. The van der Waals surface area contributed by atoms with Gasteiger partial charge in [0.15, 0.2) is 5.82 Å². The van der Waals surface area contributed by atoms with Crippen molar-refractivity contribution < 1.29 is 14.7 Å². The number of amides is 1. The normalized spacial score (nSPS) is 15.2. The smallest absolute Gasteiger partial charge is 0.315 e. The molecular weight excluding hydrogens is 236 g/mol. The first-order valence-electron chi connectivity index (χ1n) is 5.89. The summed E-state index contributed by atoms with van der Waals surface area (Å²) in [5.41, 5.74) is 0. The molecule has 1 aromatic rings. The molecule has 1 atom stereocenters. The third kappa shape index (κ3) is 2.20. The molecule has 7 heteroatoms. The van der Waals surface area contributed by atoms with Crippen molar-refractivity contribution in [2.45, 2.75) is 32.9 Å². The van der Waals surface area contributed by atoms with E-state index in [1.54, 1.807) is 7.05 Å². The van der Waals surface area contributed by atoms with Crippen LogP contribution >= 0.6 is 0 Å². The molecule has 0 bridgehead atoms. The van der Waals surface area contributed by atoms with Gasteiger partial charge in [0.1, 0.15) is 11.7 Å². The Bertz CT molecular complexity index is 483. The van der Waals surface area contributed by atoms with Gasteiger partial charge in [-0.3, -0.25) is 9.59 Å². The van der Waals surface area contributed by atoms with Crippen LogP contribution in [0.3, 0.4) is 0 Å². The summed E-state index contributed by atoms with van der Waals surface area (Å²) < 4.78 is 2.00. The van der Waals surface area contributed by atoms with Crippen LogP contribution in [0.1, 0.15) is 25.0 Å². The molecule has 0 radical (unpaired) electrons. The fraction of sp³-hybridized carbons (Fsp3) is 0.636. The summed E-state index contributed by atoms with van der Waals surface area (Å²) in [7, 11) is 1.58. The average molecular weight is 252 g/mol. The zero-order valence-corrected chi connectivity index (χ0v) is 10.5. The topological polar surface area (TPSA) is 88.3 Å². The van der Waals surface area contributed by atoms with Gasteiger partial charge in [0.2, 0.25) is 5.91 Å². The molecule has 18 heavy (non-hydrogen) atoms. The molecule has 1 unspecified atom stereocenters. The number of rotatable bonds is 4. The van der Waals surface area contributed by atoms with Crippen LogP contribution in [0.15, 0.2) is 0 Å². The number of aryl methyl sites for hydroxylation is 1. The Morgan fingerprint density at radius 3 is 2.89 bits per heavy atom. The second-order valence-electron chi connectivity index (χ2n) is 4.54. The summed E-state index contributed by atoms with van der Waals surface area (Å²) in [6.45, 7) is 2.55. The number of aliphatic carboxylic acids is 1. The van der Waals surface area contributed by atoms with Crippen LogP contribution < -0.4 is 0 Å². The number of carbonyl (C=O) groups is 2. The number of carboxylic acids is 1. The Kier molecular flexibility index (Phi) is 3.31. The molecule has 0 fully saturated rings. The number of nitrogens with zero attached hydrogens (tertiary/aromatic N) is 4. The summed E-state index contributed by atoms with van der Waals surface area (Å²) in [6, 6.07) is 0. The first-order valence-corrected chi connectivity index (χ1v) is 5.89. The molecule has 1 aliphatic rings. The van der Waals surface area contributed by atoms with E-state index in [0.29, 0.717) is 6.54 Å². The van der Waals surface area contributed by atoms with E-state index >= 15 is 0 Å². The molecule has 7 nitrogen and oxygen atoms in total. The molecule has 0 aromatic carbocycles. The van der Waals surface area contributed by atoms with Gasteiger partial charge in [0.05, 0.1) is 6.54 Å². The monoisotopic (exact) mass is 252 g/mol. The Labute approximate surface area is 104 Å². The van der Waals surface area contributed by atoms with Gasteiger partial charge in [-0.1, -0.05) is 0 Å². The lowest BCUT2D eigenvalue weighted by Crippen LogP contribution is -2.35. The highest BCUT2D eigenvalue weighted by Crippen LogP contribution is 2.15. The van der Waals surface area contributed by atoms with Crippen molar-refractivity contribution in [2.75, 3.05) is 7.05 Å².